The van der Waals surface area contributed by atoms with Crippen molar-refractivity contribution in [2.75, 3.05) is 0 Å². The van der Waals surface area contributed by atoms with Crippen LogP contribution < -0.4 is 0 Å². The van der Waals surface area contributed by atoms with Crippen molar-refractivity contribution in [3.8, 4) is 10.6 Å². The lowest BCUT2D eigenvalue weighted by Crippen LogP contribution is -2.30. The number of hydrogen-bond acceptors (Lipinski definition) is 5. The first-order chi connectivity index (χ1) is 11.8. The molecule has 3 nitrogen and oxygen atoms in total. The van der Waals surface area contributed by atoms with Gasteiger partial charge in [-0.15, -0.1) is 22.7 Å². The van der Waals surface area contributed by atoms with Crippen molar-refractivity contribution < 1.29 is 4.79 Å². The molecule has 0 N–H and O–H groups in total. The molecule has 0 unspecified atom stereocenters. The summed E-state index contributed by atoms with van der Waals surface area (Å²) < 4.78 is 0. The molecule has 0 aliphatic rings. The predicted octanol–water partition coefficient (Wildman–Crippen LogP) is 5.63. The number of rotatable bonds is 5. The third kappa shape index (κ3) is 3.84. The first-order valence-corrected chi connectivity index (χ1v) is 10.0. The zero-order valence-corrected chi connectivity index (χ0v) is 17.0. The Morgan fingerprint density at radius 2 is 1.84 bits per heavy atom. The summed E-state index contributed by atoms with van der Waals surface area (Å²) >= 11 is 9.12. The van der Waals surface area contributed by atoms with E-state index in [9.17, 15) is 4.79 Å². The Morgan fingerprint density at radius 1 is 1.16 bits per heavy atom. The lowest BCUT2D eigenvalue weighted by atomic mass is 9.79. The second-order valence-corrected chi connectivity index (χ2v) is 9.09. The van der Waals surface area contributed by atoms with Gasteiger partial charge in [0.2, 0.25) is 0 Å². The molecule has 6 heteroatoms. The Balaban J connectivity index is 1.79. The minimum absolute atomic E-state index is 0.146. The van der Waals surface area contributed by atoms with Crippen LogP contribution in [0.4, 0.5) is 0 Å². The van der Waals surface area contributed by atoms with E-state index in [-0.39, 0.29) is 5.78 Å². The van der Waals surface area contributed by atoms with Crippen LogP contribution in [-0.2, 0) is 16.6 Å². The number of carbonyl (C=O) groups excluding carboxylic acids is 1. The molecule has 2 aromatic heterocycles. The Hall–Kier alpha value is -1.56. The van der Waals surface area contributed by atoms with Crippen LogP contribution in [0.15, 0.2) is 29.6 Å². The second kappa shape index (κ2) is 6.98. The monoisotopic (exact) mass is 390 g/mol. The standard InChI is InChI=1S/C19H19ClN2OS2/c1-11-18(25-12(2)21-11)15-10-24-17(22-15)9-16(23)19(3,4)13-5-7-14(20)8-6-13/h5-8,10H,9H2,1-4H3. The molecule has 2 heterocycles. The molecule has 0 radical (unpaired) electrons. The van der Waals surface area contributed by atoms with E-state index < -0.39 is 5.41 Å². The van der Waals surface area contributed by atoms with Crippen LogP contribution in [0.25, 0.3) is 10.6 Å². The van der Waals surface area contributed by atoms with Gasteiger partial charge in [-0.1, -0.05) is 23.7 Å². The van der Waals surface area contributed by atoms with Gasteiger partial charge in [0.05, 0.1) is 27.7 Å². The Bertz CT molecular complexity index is 910. The highest BCUT2D eigenvalue weighted by atomic mass is 35.5. The van der Waals surface area contributed by atoms with Crippen LogP contribution in [0.3, 0.4) is 0 Å². The fourth-order valence-corrected chi connectivity index (χ4v) is 4.52. The molecular formula is C19H19ClN2OS2. The molecule has 0 atom stereocenters. The summed E-state index contributed by atoms with van der Waals surface area (Å²) in [5.41, 5.74) is 2.30. The third-order valence-electron chi connectivity index (χ3n) is 4.26. The summed E-state index contributed by atoms with van der Waals surface area (Å²) in [6.07, 6.45) is 0.330. The van der Waals surface area contributed by atoms with Gasteiger partial charge in [0.15, 0.2) is 0 Å². The van der Waals surface area contributed by atoms with Crippen molar-refractivity contribution in [2.24, 2.45) is 0 Å². The number of aryl methyl sites for hydroxylation is 2. The zero-order valence-electron chi connectivity index (χ0n) is 14.6. The van der Waals surface area contributed by atoms with E-state index in [0.717, 1.165) is 31.8 Å². The van der Waals surface area contributed by atoms with Gasteiger partial charge >= 0.3 is 0 Å². The van der Waals surface area contributed by atoms with Gasteiger partial charge in [-0.25, -0.2) is 9.97 Å². The minimum Gasteiger partial charge on any atom is -0.298 e. The van der Waals surface area contributed by atoms with E-state index in [1.807, 2.05) is 57.3 Å². The maximum Gasteiger partial charge on any atom is 0.149 e. The topological polar surface area (TPSA) is 42.9 Å². The van der Waals surface area contributed by atoms with E-state index in [4.69, 9.17) is 11.6 Å². The van der Waals surface area contributed by atoms with Gasteiger partial charge in [-0.3, -0.25) is 4.79 Å². The van der Waals surface area contributed by atoms with Gasteiger partial charge < -0.3 is 0 Å². The molecule has 0 spiro atoms. The Morgan fingerprint density at radius 3 is 2.44 bits per heavy atom. The van der Waals surface area contributed by atoms with Gasteiger partial charge in [-0.05, 0) is 45.4 Å². The quantitative estimate of drug-likeness (QED) is 0.567. The SMILES string of the molecule is Cc1nc(C)c(-c2csc(CC(=O)C(C)(C)c3ccc(Cl)cc3)n2)s1. The summed E-state index contributed by atoms with van der Waals surface area (Å²) in [5.74, 6) is 0.146. The van der Waals surface area contributed by atoms with E-state index >= 15 is 0 Å². The summed E-state index contributed by atoms with van der Waals surface area (Å²) in [6.45, 7) is 7.88. The number of Topliss-reactive ketones (excluding diaryl/α,β-unsaturated/α-hetero) is 1. The van der Waals surface area contributed by atoms with Crippen LogP contribution in [0.1, 0.15) is 35.1 Å². The first kappa shape index (κ1) is 18.2. The second-order valence-electron chi connectivity index (χ2n) is 6.51. The van der Waals surface area contributed by atoms with Crippen LogP contribution >= 0.6 is 34.3 Å². The fourth-order valence-electron chi connectivity index (χ4n) is 2.65. The van der Waals surface area contributed by atoms with Crippen molar-refractivity contribution in [2.45, 2.75) is 39.5 Å². The number of nitrogens with zero attached hydrogens (tertiary/aromatic N) is 2. The van der Waals surface area contributed by atoms with E-state index in [1.54, 1.807) is 11.3 Å². The summed E-state index contributed by atoms with van der Waals surface area (Å²) in [4.78, 5) is 23.1. The highest BCUT2D eigenvalue weighted by Crippen LogP contribution is 2.32. The predicted molar refractivity (Wildman–Crippen MR) is 106 cm³/mol. The summed E-state index contributed by atoms with van der Waals surface area (Å²) in [7, 11) is 0. The molecule has 0 fully saturated rings. The maximum absolute atomic E-state index is 12.9. The molecule has 130 valence electrons. The molecule has 0 amide bonds. The van der Waals surface area contributed by atoms with Crippen LogP contribution in [0.2, 0.25) is 5.02 Å². The highest BCUT2D eigenvalue weighted by Gasteiger charge is 2.30. The van der Waals surface area contributed by atoms with Crippen LogP contribution in [0, 0.1) is 13.8 Å². The van der Waals surface area contributed by atoms with Crippen LogP contribution in [-0.4, -0.2) is 15.8 Å². The molecule has 3 aromatic rings. The molecule has 1 aromatic carbocycles. The van der Waals surface area contributed by atoms with Crippen molar-refractivity contribution in [3.05, 3.63) is 55.9 Å². The lowest BCUT2D eigenvalue weighted by molar-refractivity contribution is -0.122. The number of benzene rings is 1. The number of thiazole rings is 2. The number of aromatic nitrogens is 2. The maximum atomic E-state index is 12.9. The fraction of sp³-hybridized carbons (Fsp3) is 0.316. The molecular weight excluding hydrogens is 372 g/mol. The number of halogens is 1. The van der Waals surface area contributed by atoms with Crippen molar-refractivity contribution in [3.63, 3.8) is 0 Å². The lowest BCUT2D eigenvalue weighted by Gasteiger charge is -2.23. The number of carbonyl (C=O) groups is 1. The summed E-state index contributed by atoms with van der Waals surface area (Å²) in [6, 6.07) is 7.47. The smallest absolute Gasteiger partial charge is 0.149 e. The molecule has 25 heavy (non-hydrogen) atoms. The van der Waals surface area contributed by atoms with E-state index in [1.165, 1.54) is 11.3 Å². The van der Waals surface area contributed by atoms with Crippen molar-refractivity contribution in [1.82, 2.24) is 9.97 Å². The minimum atomic E-state index is -0.576. The number of hydrogen-bond donors (Lipinski definition) is 0. The molecule has 0 aliphatic carbocycles. The Kier molecular flexibility index (Phi) is 5.09. The van der Waals surface area contributed by atoms with Gasteiger partial charge in [0, 0.05) is 15.8 Å². The third-order valence-corrected chi connectivity index (χ3v) is 6.46. The summed E-state index contributed by atoms with van der Waals surface area (Å²) in [5, 5.41) is 4.55. The zero-order chi connectivity index (χ0) is 18.2. The molecule has 0 bridgehead atoms. The van der Waals surface area contributed by atoms with Gasteiger partial charge in [-0.2, -0.15) is 0 Å². The van der Waals surface area contributed by atoms with Gasteiger partial charge in [0.1, 0.15) is 10.8 Å². The molecule has 0 aliphatic heterocycles. The number of ketones is 1. The molecule has 3 rings (SSSR count). The molecule has 0 saturated carbocycles. The molecule has 0 saturated heterocycles. The largest absolute Gasteiger partial charge is 0.298 e. The average Bonchev–Trinajstić information content (AvgIpc) is 3.13. The van der Waals surface area contributed by atoms with Crippen molar-refractivity contribution >= 4 is 40.1 Å². The van der Waals surface area contributed by atoms with Gasteiger partial charge in [0.25, 0.3) is 0 Å². The van der Waals surface area contributed by atoms with E-state index in [2.05, 4.69) is 9.97 Å². The normalized spacial score (nSPS) is 11.7. The average molecular weight is 391 g/mol. The van der Waals surface area contributed by atoms with Crippen LogP contribution in [0.5, 0.6) is 0 Å². The Labute approximate surface area is 160 Å². The van der Waals surface area contributed by atoms with Crippen molar-refractivity contribution in [1.29, 1.82) is 0 Å². The first-order valence-electron chi connectivity index (χ1n) is 7.95. The highest BCUT2D eigenvalue weighted by molar-refractivity contribution is 7.16. The van der Waals surface area contributed by atoms with E-state index in [0.29, 0.717) is 11.4 Å².